The molecule has 1 aromatic heterocycles. The van der Waals surface area contributed by atoms with Crippen molar-refractivity contribution < 1.29 is 0 Å². The van der Waals surface area contributed by atoms with Crippen LogP contribution in [-0.2, 0) is 12.1 Å². The number of hydrogen-bond donors (Lipinski definition) is 1. The Bertz CT molecular complexity index is 488. The van der Waals surface area contributed by atoms with Crippen molar-refractivity contribution in [1.82, 2.24) is 15.1 Å². The smallest absolute Gasteiger partial charge is 0.0543 e. The molecule has 4 bridgehead atoms. The highest BCUT2D eigenvalue weighted by molar-refractivity contribution is 5.10. The van der Waals surface area contributed by atoms with E-state index >= 15 is 0 Å². The molecule has 0 amide bonds. The molecule has 116 valence electrons. The van der Waals surface area contributed by atoms with Gasteiger partial charge >= 0.3 is 0 Å². The second-order valence-corrected chi connectivity index (χ2v) is 9.02. The third-order valence-corrected chi connectivity index (χ3v) is 6.03. The predicted octanol–water partition coefficient (Wildman–Crippen LogP) is 3.70. The minimum Gasteiger partial charge on any atom is -0.307 e. The van der Waals surface area contributed by atoms with Gasteiger partial charge in [-0.2, -0.15) is 5.10 Å². The largest absolute Gasteiger partial charge is 0.307 e. The van der Waals surface area contributed by atoms with E-state index in [0.717, 1.165) is 24.3 Å². The van der Waals surface area contributed by atoms with Crippen LogP contribution in [0.1, 0.15) is 64.9 Å². The van der Waals surface area contributed by atoms with E-state index in [1.807, 2.05) is 6.20 Å². The van der Waals surface area contributed by atoms with Crippen molar-refractivity contribution >= 4 is 0 Å². The summed E-state index contributed by atoms with van der Waals surface area (Å²) in [6.07, 6.45) is 13.1. The molecule has 4 fully saturated rings. The molecular weight excluding hydrogens is 258 g/mol. The number of nitrogens with one attached hydrogen (secondary N) is 1. The van der Waals surface area contributed by atoms with Crippen LogP contribution in [0.5, 0.6) is 0 Å². The summed E-state index contributed by atoms with van der Waals surface area (Å²) >= 11 is 0. The number of rotatable bonds is 3. The molecule has 1 N–H and O–H groups in total. The molecule has 0 radical (unpaired) electrons. The number of hydrogen-bond acceptors (Lipinski definition) is 2. The number of nitrogens with zero attached hydrogens (tertiary/aromatic N) is 2. The maximum atomic E-state index is 4.53. The monoisotopic (exact) mass is 287 g/mol. The average molecular weight is 287 g/mol. The molecule has 4 aliphatic carbocycles. The van der Waals surface area contributed by atoms with Crippen LogP contribution in [0.3, 0.4) is 0 Å². The van der Waals surface area contributed by atoms with Crippen LogP contribution >= 0.6 is 0 Å². The van der Waals surface area contributed by atoms with Crippen molar-refractivity contribution in [3.05, 3.63) is 18.0 Å². The summed E-state index contributed by atoms with van der Waals surface area (Å²) in [5.41, 5.74) is 1.87. The van der Waals surface area contributed by atoms with Crippen molar-refractivity contribution in [2.75, 3.05) is 0 Å². The van der Waals surface area contributed by atoms with Crippen molar-refractivity contribution in [3.8, 4) is 0 Å². The summed E-state index contributed by atoms with van der Waals surface area (Å²) in [4.78, 5) is 0. The molecule has 0 aromatic carbocycles. The number of aromatic nitrogens is 2. The van der Waals surface area contributed by atoms with Gasteiger partial charge in [-0.15, -0.1) is 0 Å². The Hall–Kier alpha value is -0.830. The van der Waals surface area contributed by atoms with Gasteiger partial charge in [0, 0.05) is 23.8 Å². The fraction of sp³-hybridized carbons (Fsp3) is 0.833. The lowest BCUT2D eigenvalue weighted by atomic mass is 9.53. The molecule has 0 spiro atoms. The van der Waals surface area contributed by atoms with Crippen LogP contribution in [0.15, 0.2) is 12.4 Å². The van der Waals surface area contributed by atoms with E-state index < -0.39 is 0 Å². The van der Waals surface area contributed by atoms with Crippen molar-refractivity contribution in [2.45, 2.75) is 76.9 Å². The van der Waals surface area contributed by atoms with E-state index in [1.54, 1.807) is 0 Å². The van der Waals surface area contributed by atoms with E-state index in [9.17, 15) is 0 Å². The van der Waals surface area contributed by atoms with Crippen LogP contribution in [-0.4, -0.2) is 15.3 Å². The van der Waals surface area contributed by atoms with E-state index in [0.29, 0.717) is 5.54 Å². The van der Waals surface area contributed by atoms with Crippen LogP contribution in [0.2, 0.25) is 0 Å². The molecule has 3 heteroatoms. The van der Waals surface area contributed by atoms with Crippen LogP contribution in [0.4, 0.5) is 0 Å². The van der Waals surface area contributed by atoms with Crippen molar-refractivity contribution in [1.29, 1.82) is 0 Å². The lowest BCUT2D eigenvalue weighted by molar-refractivity contribution is -0.0206. The fourth-order valence-corrected chi connectivity index (χ4v) is 5.43. The summed E-state index contributed by atoms with van der Waals surface area (Å²) in [6, 6.07) is 0. The van der Waals surface area contributed by atoms with Crippen LogP contribution in [0.25, 0.3) is 0 Å². The normalized spacial score (nSPS) is 38.1. The van der Waals surface area contributed by atoms with E-state index in [-0.39, 0.29) is 5.54 Å². The van der Waals surface area contributed by atoms with Gasteiger partial charge in [0.1, 0.15) is 0 Å². The molecule has 4 aliphatic rings. The van der Waals surface area contributed by atoms with Crippen LogP contribution < -0.4 is 5.32 Å². The van der Waals surface area contributed by atoms with E-state index in [4.69, 9.17) is 0 Å². The average Bonchev–Trinajstić information content (AvgIpc) is 2.83. The molecule has 4 saturated carbocycles. The molecule has 0 atom stereocenters. The zero-order valence-corrected chi connectivity index (χ0v) is 13.7. The molecule has 0 unspecified atom stereocenters. The summed E-state index contributed by atoms with van der Waals surface area (Å²) in [5, 5.41) is 8.48. The molecule has 0 saturated heterocycles. The first-order chi connectivity index (χ1) is 9.92. The SMILES string of the molecule is CC(C)(C)n1cc(CNC23CC4CC(CC(C4)C2)C3)cn1. The summed E-state index contributed by atoms with van der Waals surface area (Å²) in [5.74, 6) is 3.04. The summed E-state index contributed by atoms with van der Waals surface area (Å²) < 4.78 is 2.09. The van der Waals surface area contributed by atoms with Crippen molar-refractivity contribution in [2.24, 2.45) is 17.8 Å². The third kappa shape index (κ3) is 2.54. The minimum absolute atomic E-state index is 0.0823. The van der Waals surface area contributed by atoms with Gasteiger partial charge < -0.3 is 5.32 Å². The predicted molar refractivity (Wildman–Crippen MR) is 85.0 cm³/mol. The zero-order chi connectivity index (χ0) is 14.7. The second-order valence-electron chi connectivity index (χ2n) is 9.02. The maximum Gasteiger partial charge on any atom is 0.0543 e. The fourth-order valence-electron chi connectivity index (χ4n) is 5.43. The van der Waals surface area contributed by atoms with Gasteiger partial charge in [0.15, 0.2) is 0 Å². The van der Waals surface area contributed by atoms with Gasteiger partial charge in [-0.05, 0) is 77.0 Å². The van der Waals surface area contributed by atoms with Gasteiger partial charge in [-0.3, -0.25) is 4.68 Å². The molecular formula is C18H29N3. The van der Waals surface area contributed by atoms with E-state index in [1.165, 1.54) is 44.1 Å². The quantitative estimate of drug-likeness (QED) is 0.918. The Labute approximate surface area is 128 Å². The Kier molecular flexibility index (Phi) is 3.01. The Morgan fingerprint density at radius 3 is 2.19 bits per heavy atom. The molecule has 1 aromatic rings. The first kappa shape index (κ1) is 13.8. The Morgan fingerprint density at radius 2 is 1.71 bits per heavy atom. The lowest BCUT2D eigenvalue weighted by Crippen LogP contribution is -2.58. The highest BCUT2D eigenvalue weighted by atomic mass is 15.3. The van der Waals surface area contributed by atoms with Gasteiger partial charge in [-0.25, -0.2) is 0 Å². The molecule has 3 nitrogen and oxygen atoms in total. The highest BCUT2D eigenvalue weighted by Gasteiger charge is 2.50. The lowest BCUT2D eigenvalue weighted by Gasteiger charge is -2.57. The second kappa shape index (κ2) is 4.58. The zero-order valence-electron chi connectivity index (χ0n) is 13.7. The van der Waals surface area contributed by atoms with Crippen LogP contribution in [0, 0.1) is 17.8 Å². The summed E-state index contributed by atoms with van der Waals surface area (Å²) in [7, 11) is 0. The Balaban J connectivity index is 1.44. The van der Waals surface area contributed by atoms with Gasteiger partial charge in [0.25, 0.3) is 0 Å². The molecule has 21 heavy (non-hydrogen) atoms. The molecule has 0 aliphatic heterocycles. The third-order valence-electron chi connectivity index (χ3n) is 6.03. The summed E-state index contributed by atoms with van der Waals surface area (Å²) in [6.45, 7) is 7.60. The van der Waals surface area contributed by atoms with Gasteiger partial charge in [0.05, 0.1) is 11.7 Å². The van der Waals surface area contributed by atoms with Crippen molar-refractivity contribution in [3.63, 3.8) is 0 Å². The maximum absolute atomic E-state index is 4.53. The minimum atomic E-state index is 0.0823. The first-order valence-corrected chi connectivity index (χ1v) is 8.71. The van der Waals surface area contributed by atoms with Gasteiger partial charge in [-0.1, -0.05) is 0 Å². The first-order valence-electron chi connectivity index (χ1n) is 8.71. The van der Waals surface area contributed by atoms with E-state index in [2.05, 4.69) is 42.1 Å². The highest BCUT2D eigenvalue weighted by Crippen LogP contribution is 2.55. The Morgan fingerprint density at radius 1 is 1.14 bits per heavy atom. The standard InChI is InChI=1S/C18H29N3/c1-17(2,3)21-12-16(11-20-21)10-19-18-7-13-4-14(8-18)6-15(5-13)9-18/h11-15,19H,4-10H2,1-3H3. The molecule has 1 heterocycles. The van der Waals surface area contributed by atoms with Gasteiger partial charge in [0.2, 0.25) is 0 Å². The topological polar surface area (TPSA) is 29.9 Å². The molecule has 5 rings (SSSR count).